The van der Waals surface area contributed by atoms with Gasteiger partial charge in [-0.25, -0.2) is 4.39 Å². The highest BCUT2D eigenvalue weighted by Crippen LogP contribution is 2.16. The first-order chi connectivity index (χ1) is 7.34. The van der Waals surface area contributed by atoms with E-state index in [1.165, 1.54) is 25.0 Å². The fourth-order valence-electron chi connectivity index (χ4n) is 1.79. The topological polar surface area (TPSA) is 21.3 Å². The Balaban J connectivity index is 0.00000128. The third-order valence-electron chi connectivity index (χ3n) is 2.76. The molecule has 2 rings (SSSR count). The quantitative estimate of drug-likeness (QED) is 0.753. The Hall–Kier alpha value is -0.800. The number of halogens is 2. The molecule has 4 heteroatoms. The average molecular weight is 245 g/mol. The highest BCUT2D eigenvalue weighted by atomic mass is 35.5. The van der Waals surface area contributed by atoms with Gasteiger partial charge in [0.2, 0.25) is 0 Å². The molecule has 1 aliphatic rings. The van der Waals surface area contributed by atoms with Crippen molar-refractivity contribution in [2.45, 2.75) is 12.8 Å². The third-order valence-corrected chi connectivity index (χ3v) is 2.76. The average Bonchev–Trinajstić information content (AvgIpc) is 2.30. The first-order valence-electron chi connectivity index (χ1n) is 5.44. The minimum atomic E-state index is -0.218. The Kier molecular flexibility index (Phi) is 5.56. The van der Waals surface area contributed by atoms with Gasteiger partial charge < -0.3 is 22.5 Å². The van der Waals surface area contributed by atoms with Crippen molar-refractivity contribution in [3.8, 4) is 5.75 Å². The van der Waals surface area contributed by atoms with Crippen LogP contribution in [0.2, 0.25) is 0 Å². The van der Waals surface area contributed by atoms with Crippen LogP contribution in [0.15, 0.2) is 24.3 Å². The summed E-state index contributed by atoms with van der Waals surface area (Å²) >= 11 is 0. The third kappa shape index (κ3) is 3.99. The molecule has 1 fully saturated rings. The Morgan fingerprint density at radius 1 is 1.19 bits per heavy atom. The van der Waals surface area contributed by atoms with Crippen molar-refractivity contribution < 1.29 is 21.5 Å². The largest absolute Gasteiger partial charge is 1.00 e. The molecule has 1 aliphatic heterocycles. The normalized spacial score (nSPS) is 16.6. The maximum absolute atomic E-state index is 12.6. The van der Waals surface area contributed by atoms with E-state index in [0.717, 1.165) is 25.4 Å². The summed E-state index contributed by atoms with van der Waals surface area (Å²) in [6.07, 6.45) is 2.34. The first-order valence-corrected chi connectivity index (χ1v) is 5.44. The molecule has 1 saturated heterocycles. The van der Waals surface area contributed by atoms with Crippen LogP contribution in [0.5, 0.6) is 5.75 Å². The van der Waals surface area contributed by atoms with E-state index >= 15 is 0 Å². The van der Waals surface area contributed by atoms with Gasteiger partial charge in [-0.2, -0.15) is 0 Å². The number of piperidine rings is 1. The zero-order valence-electron chi connectivity index (χ0n) is 9.09. The van der Waals surface area contributed by atoms with Crippen LogP contribution in [0.4, 0.5) is 4.39 Å². The van der Waals surface area contributed by atoms with Gasteiger partial charge in [0.15, 0.2) is 0 Å². The lowest BCUT2D eigenvalue weighted by atomic mass is 9.99. The summed E-state index contributed by atoms with van der Waals surface area (Å²) in [5, 5.41) is 3.32. The molecule has 1 N–H and O–H groups in total. The summed E-state index contributed by atoms with van der Waals surface area (Å²) in [6, 6.07) is 6.21. The van der Waals surface area contributed by atoms with Crippen molar-refractivity contribution in [1.82, 2.24) is 5.32 Å². The van der Waals surface area contributed by atoms with Crippen molar-refractivity contribution in [2.24, 2.45) is 5.92 Å². The van der Waals surface area contributed by atoms with E-state index < -0.39 is 0 Å². The molecule has 0 aromatic heterocycles. The Morgan fingerprint density at radius 2 is 1.81 bits per heavy atom. The maximum atomic E-state index is 12.6. The number of hydrogen-bond donors (Lipinski definition) is 1. The van der Waals surface area contributed by atoms with E-state index in [4.69, 9.17) is 4.74 Å². The molecule has 0 saturated carbocycles. The van der Waals surface area contributed by atoms with Gasteiger partial charge >= 0.3 is 0 Å². The van der Waals surface area contributed by atoms with E-state index in [2.05, 4.69) is 5.32 Å². The lowest BCUT2D eigenvalue weighted by Gasteiger charge is -2.22. The fourth-order valence-corrected chi connectivity index (χ4v) is 1.79. The van der Waals surface area contributed by atoms with Crippen LogP contribution >= 0.6 is 0 Å². The van der Waals surface area contributed by atoms with E-state index in [1.807, 2.05) is 0 Å². The molecular formula is C12H16ClFNO-. The number of ether oxygens (including phenoxy) is 1. The summed E-state index contributed by atoms with van der Waals surface area (Å²) in [6.45, 7) is 2.90. The smallest absolute Gasteiger partial charge is 0.123 e. The van der Waals surface area contributed by atoms with Gasteiger partial charge in [-0.1, -0.05) is 0 Å². The maximum Gasteiger partial charge on any atom is 0.123 e. The van der Waals surface area contributed by atoms with Crippen LogP contribution in [0.3, 0.4) is 0 Å². The summed E-state index contributed by atoms with van der Waals surface area (Å²) < 4.78 is 18.2. The van der Waals surface area contributed by atoms with Gasteiger partial charge in [-0.05, 0) is 56.1 Å². The van der Waals surface area contributed by atoms with E-state index in [9.17, 15) is 4.39 Å². The highest BCUT2D eigenvalue weighted by molar-refractivity contribution is 5.22. The lowest BCUT2D eigenvalue weighted by Crippen LogP contribution is -3.00. The van der Waals surface area contributed by atoms with Gasteiger partial charge in [0, 0.05) is 0 Å². The van der Waals surface area contributed by atoms with E-state index in [1.54, 1.807) is 12.1 Å². The van der Waals surface area contributed by atoms with Crippen LogP contribution < -0.4 is 22.5 Å². The van der Waals surface area contributed by atoms with Gasteiger partial charge in [-0.15, -0.1) is 0 Å². The van der Waals surface area contributed by atoms with Crippen LogP contribution in [-0.2, 0) is 0 Å². The van der Waals surface area contributed by atoms with Crippen molar-refractivity contribution in [3.05, 3.63) is 30.1 Å². The monoisotopic (exact) mass is 244 g/mol. The van der Waals surface area contributed by atoms with Crippen LogP contribution in [0.1, 0.15) is 12.8 Å². The molecular weight excluding hydrogens is 229 g/mol. The fraction of sp³-hybridized carbons (Fsp3) is 0.500. The van der Waals surface area contributed by atoms with Gasteiger partial charge in [-0.3, -0.25) is 0 Å². The number of nitrogens with one attached hydrogen (secondary N) is 1. The number of rotatable bonds is 3. The highest BCUT2D eigenvalue weighted by Gasteiger charge is 2.13. The number of benzene rings is 1. The molecule has 2 nitrogen and oxygen atoms in total. The van der Waals surface area contributed by atoms with E-state index in [-0.39, 0.29) is 18.2 Å². The molecule has 0 bridgehead atoms. The van der Waals surface area contributed by atoms with Crippen molar-refractivity contribution in [2.75, 3.05) is 19.7 Å². The predicted molar refractivity (Wildman–Crippen MR) is 57.5 cm³/mol. The minimum Gasteiger partial charge on any atom is -1.00 e. The first kappa shape index (κ1) is 13.3. The molecule has 0 radical (unpaired) electrons. The molecule has 1 aromatic rings. The summed E-state index contributed by atoms with van der Waals surface area (Å²) in [4.78, 5) is 0. The molecule has 0 amide bonds. The molecule has 1 heterocycles. The summed E-state index contributed by atoms with van der Waals surface area (Å²) in [5.41, 5.74) is 0. The molecule has 0 spiro atoms. The Bertz CT molecular complexity index is 298. The van der Waals surface area contributed by atoms with E-state index in [0.29, 0.717) is 5.92 Å². The van der Waals surface area contributed by atoms with Crippen molar-refractivity contribution in [3.63, 3.8) is 0 Å². The minimum absolute atomic E-state index is 0. The summed E-state index contributed by atoms with van der Waals surface area (Å²) in [7, 11) is 0. The molecule has 0 atom stereocenters. The van der Waals surface area contributed by atoms with Crippen LogP contribution in [0.25, 0.3) is 0 Å². The predicted octanol–water partition coefficient (Wildman–Crippen LogP) is -0.792. The van der Waals surface area contributed by atoms with Gasteiger partial charge in [0.25, 0.3) is 0 Å². The van der Waals surface area contributed by atoms with Gasteiger partial charge in [0.1, 0.15) is 11.6 Å². The van der Waals surface area contributed by atoms with Gasteiger partial charge in [0.05, 0.1) is 6.61 Å². The Morgan fingerprint density at radius 3 is 2.44 bits per heavy atom. The molecule has 0 unspecified atom stereocenters. The second-order valence-corrected chi connectivity index (χ2v) is 3.96. The SMILES string of the molecule is Fc1ccc(OCC2CCNCC2)cc1.[Cl-]. The zero-order chi connectivity index (χ0) is 10.5. The Labute approximate surface area is 102 Å². The second kappa shape index (κ2) is 6.71. The molecule has 16 heavy (non-hydrogen) atoms. The molecule has 0 aliphatic carbocycles. The second-order valence-electron chi connectivity index (χ2n) is 3.96. The number of hydrogen-bond acceptors (Lipinski definition) is 2. The molecule has 1 aromatic carbocycles. The van der Waals surface area contributed by atoms with Crippen LogP contribution in [-0.4, -0.2) is 19.7 Å². The lowest BCUT2D eigenvalue weighted by molar-refractivity contribution is -0.00000411. The summed E-state index contributed by atoms with van der Waals surface area (Å²) in [5.74, 6) is 1.18. The van der Waals surface area contributed by atoms with Crippen molar-refractivity contribution in [1.29, 1.82) is 0 Å². The molecule has 90 valence electrons. The van der Waals surface area contributed by atoms with Crippen LogP contribution in [0, 0.1) is 11.7 Å². The standard InChI is InChI=1S/C12H16FNO.ClH/c13-11-1-3-12(4-2-11)15-9-10-5-7-14-8-6-10;/h1-4,10,14H,5-9H2;1H/p-1. The zero-order valence-corrected chi connectivity index (χ0v) is 9.84. The van der Waals surface area contributed by atoms with Crippen molar-refractivity contribution >= 4 is 0 Å².